The van der Waals surface area contributed by atoms with Gasteiger partial charge in [-0.15, -0.1) is 0 Å². The molecule has 0 aliphatic carbocycles. The van der Waals surface area contributed by atoms with E-state index in [1.54, 1.807) is 18.0 Å². The van der Waals surface area contributed by atoms with Gasteiger partial charge in [0.15, 0.2) is 5.65 Å². The third kappa shape index (κ3) is 3.03. The summed E-state index contributed by atoms with van der Waals surface area (Å²) in [6, 6.07) is 7.50. The lowest BCUT2D eigenvalue weighted by Crippen LogP contribution is -2.06. The fraction of sp³-hybridized carbons (Fsp3) is 0.267. The molecule has 0 radical (unpaired) electrons. The molecule has 6 nitrogen and oxygen atoms in total. The first-order chi connectivity index (χ1) is 10.8. The van der Waals surface area contributed by atoms with Crippen molar-refractivity contribution in [3.63, 3.8) is 0 Å². The van der Waals surface area contributed by atoms with Crippen molar-refractivity contribution in [3.8, 4) is 5.69 Å². The molecule has 0 saturated heterocycles. The number of methoxy groups -OCH3 is 1. The van der Waals surface area contributed by atoms with Crippen molar-refractivity contribution in [2.75, 3.05) is 25.6 Å². The molecule has 0 atom stereocenters. The molecule has 1 aromatic carbocycles. The third-order valence-corrected chi connectivity index (χ3v) is 3.47. The van der Waals surface area contributed by atoms with E-state index in [0.29, 0.717) is 11.6 Å². The van der Waals surface area contributed by atoms with Crippen LogP contribution in [0.5, 0.6) is 0 Å². The second kappa shape index (κ2) is 6.72. The quantitative estimate of drug-likeness (QED) is 0.708. The minimum Gasteiger partial charge on any atom is -0.385 e. The van der Waals surface area contributed by atoms with E-state index in [9.17, 15) is 0 Å². The van der Waals surface area contributed by atoms with E-state index in [1.165, 1.54) is 6.33 Å². The Morgan fingerprint density at radius 1 is 1.32 bits per heavy atom. The van der Waals surface area contributed by atoms with Gasteiger partial charge < -0.3 is 10.1 Å². The van der Waals surface area contributed by atoms with E-state index in [4.69, 9.17) is 16.3 Å². The van der Waals surface area contributed by atoms with Gasteiger partial charge in [0.25, 0.3) is 0 Å². The van der Waals surface area contributed by atoms with Crippen LogP contribution in [0.1, 0.15) is 6.42 Å². The first-order valence-electron chi connectivity index (χ1n) is 6.97. The number of rotatable bonds is 6. The van der Waals surface area contributed by atoms with Gasteiger partial charge in [-0.05, 0) is 24.6 Å². The van der Waals surface area contributed by atoms with E-state index in [2.05, 4.69) is 20.4 Å². The molecular weight excluding hydrogens is 302 g/mol. The Bertz CT molecular complexity index is 773. The number of aromatic nitrogens is 4. The van der Waals surface area contributed by atoms with Gasteiger partial charge in [0.1, 0.15) is 12.1 Å². The van der Waals surface area contributed by atoms with Crippen LogP contribution >= 0.6 is 11.6 Å². The van der Waals surface area contributed by atoms with Gasteiger partial charge in [-0.25, -0.2) is 14.6 Å². The Kier molecular flexibility index (Phi) is 4.50. The minimum absolute atomic E-state index is 0.660. The van der Waals surface area contributed by atoms with Crippen LogP contribution in [0.2, 0.25) is 5.02 Å². The van der Waals surface area contributed by atoms with Gasteiger partial charge in [0, 0.05) is 25.3 Å². The summed E-state index contributed by atoms with van der Waals surface area (Å²) in [5.41, 5.74) is 1.61. The fourth-order valence-electron chi connectivity index (χ4n) is 2.21. The van der Waals surface area contributed by atoms with Crippen molar-refractivity contribution in [3.05, 3.63) is 41.8 Å². The van der Waals surface area contributed by atoms with E-state index < -0.39 is 0 Å². The average Bonchev–Trinajstić information content (AvgIpc) is 2.96. The van der Waals surface area contributed by atoms with Crippen LogP contribution in [-0.2, 0) is 4.74 Å². The third-order valence-electron chi connectivity index (χ3n) is 3.24. The lowest BCUT2D eigenvalue weighted by molar-refractivity contribution is 0.198. The Balaban J connectivity index is 1.91. The normalized spacial score (nSPS) is 11.0. The number of fused-ring (bicyclic) bond motifs is 1. The molecule has 0 aliphatic heterocycles. The van der Waals surface area contributed by atoms with Crippen molar-refractivity contribution >= 4 is 28.5 Å². The number of hydrogen-bond donors (Lipinski definition) is 1. The van der Waals surface area contributed by atoms with Gasteiger partial charge in [0.2, 0.25) is 0 Å². The molecule has 0 fully saturated rings. The van der Waals surface area contributed by atoms with E-state index in [-0.39, 0.29) is 0 Å². The molecule has 2 aromatic heterocycles. The summed E-state index contributed by atoms with van der Waals surface area (Å²) in [6.45, 7) is 1.49. The van der Waals surface area contributed by atoms with Crippen LogP contribution in [0.25, 0.3) is 16.7 Å². The molecule has 2 heterocycles. The topological polar surface area (TPSA) is 64.9 Å². The fourth-order valence-corrected chi connectivity index (χ4v) is 2.39. The Hall–Kier alpha value is -2.18. The summed E-state index contributed by atoms with van der Waals surface area (Å²) in [7, 11) is 1.69. The highest BCUT2D eigenvalue weighted by Gasteiger charge is 2.10. The largest absolute Gasteiger partial charge is 0.385 e. The highest BCUT2D eigenvalue weighted by atomic mass is 35.5. The molecule has 0 amide bonds. The van der Waals surface area contributed by atoms with Gasteiger partial charge in [-0.3, -0.25) is 0 Å². The molecule has 114 valence electrons. The Morgan fingerprint density at radius 2 is 2.23 bits per heavy atom. The van der Waals surface area contributed by atoms with Crippen LogP contribution in [0.3, 0.4) is 0 Å². The zero-order valence-electron chi connectivity index (χ0n) is 12.2. The zero-order valence-corrected chi connectivity index (χ0v) is 12.9. The number of nitrogens with zero attached hydrogens (tertiary/aromatic N) is 4. The van der Waals surface area contributed by atoms with Gasteiger partial charge >= 0.3 is 0 Å². The maximum atomic E-state index is 6.04. The first kappa shape index (κ1) is 14.7. The molecule has 3 rings (SSSR count). The summed E-state index contributed by atoms with van der Waals surface area (Å²) in [5, 5.41) is 9.23. The molecule has 7 heteroatoms. The predicted molar refractivity (Wildman–Crippen MR) is 86.7 cm³/mol. The molecule has 22 heavy (non-hydrogen) atoms. The summed E-state index contributed by atoms with van der Waals surface area (Å²) < 4.78 is 6.79. The van der Waals surface area contributed by atoms with Crippen LogP contribution in [0, 0.1) is 0 Å². The van der Waals surface area contributed by atoms with Crippen molar-refractivity contribution in [1.82, 2.24) is 19.7 Å². The lowest BCUT2D eigenvalue weighted by Gasteiger charge is -2.06. The molecule has 0 unspecified atom stereocenters. The molecule has 3 aromatic rings. The average molecular weight is 318 g/mol. The van der Waals surface area contributed by atoms with Crippen LogP contribution in [-0.4, -0.2) is 40.0 Å². The summed E-state index contributed by atoms with van der Waals surface area (Å²) in [6.07, 6.45) is 4.20. The van der Waals surface area contributed by atoms with Gasteiger partial charge in [-0.2, -0.15) is 5.10 Å². The van der Waals surface area contributed by atoms with Crippen molar-refractivity contribution in [2.24, 2.45) is 0 Å². The van der Waals surface area contributed by atoms with Crippen LogP contribution in [0.15, 0.2) is 36.8 Å². The Morgan fingerprint density at radius 3 is 3.05 bits per heavy atom. The Labute approximate surface area is 133 Å². The minimum atomic E-state index is 0.660. The number of anilines is 1. The predicted octanol–water partition coefficient (Wildman–Crippen LogP) is 2.92. The number of benzene rings is 1. The van der Waals surface area contributed by atoms with Gasteiger partial charge in [0.05, 0.1) is 17.3 Å². The smallest absolute Gasteiger partial charge is 0.168 e. The monoisotopic (exact) mass is 317 g/mol. The van der Waals surface area contributed by atoms with Crippen molar-refractivity contribution in [1.29, 1.82) is 0 Å². The van der Waals surface area contributed by atoms with Crippen molar-refractivity contribution < 1.29 is 4.74 Å². The highest BCUT2D eigenvalue weighted by Crippen LogP contribution is 2.22. The second-order valence-corrected chi connectivity index (χ2v) is 5.21. The highest BCUT2D eigenvalue weighted by molar-refractivity contribution is 6.30. The maximum Gasteiger partial charge on any atom is 0.168 e. The number of hydrogen-bond acceptors (Lipinski definition) is 5. The molecular formula is C15H16ClN5O. The SMILES string of the molecule is COCCCNc1ncnc2c1cnn2-c1cccc(Cl)c1. The molecule has 0 spiro atoms. The number of nitrogens with one attached hydrogen (secondary N) is 1. The molecule has 1 N–H and O–H groups in total. The standard InChI is InChI=1S/C15H16ClN5O/c1-22-7-3-6-17-14-13-9-20-21(15(13)19-10-18-14)12-5-2-4-11(16)8-12/h2,4-5,8-10H,3,6-7H2,1H3,(H,17,18,19). The lowest BCUT2D eigenvalue weighted by atomic mass is 10.3. The summed E-state index contributed by atoms with van der Waals surface area (Å²) in [5.74, 6) is 0.773. The van der Waals surface area contributed by atoms with E-state index in [1.807, 2.05) is 24.3 Å². The van der Waals surface area contributed by atoms with Crippen LogP contribution in [0.4, 0.5) is 5.82 Å². The zero-order chi connectivity index (χ0) is 15.4. The summed E-state index contributed by atoms with van der Waals surface area (Å²) >= 11 is 6.04. The van der Waals surface area contributed by atoms with Crippen molar-refractivity contribution in [2.45, 2.75) is 6.42 Å². The maximum absolute atomic E-state index is 6.04. The number of halogens is 1. The van der Waals surface area contributed by atoms with E-state index >= 15 is 0 Å². The number of ether oxygens (including phenoxy) is 1. The summed E-state index contributed by atoms with van der Waals surface area (Å²) in [4.78, 5) is 8.62. The molecule has 0 bridgehead atoms. The molecule has 0 saturated carbocycles. The van der Waals surface area contributed by atoms with E-state index in [0.717, 1.165) is 35.5 Å². The first-order valence-corrected chi connectivity index (χ1v) is 7.35. The van der Waals surface area contributed by atoms with Crippen LogP contribution < -0.4 is 5.32 Å². The second-order valence-electron chi connectivity index (χ2n) is 4.77. The van der Waals surface area contributed by atoms with Gasteiger partial charge in [-0.1, -0.05) is 17.7 Å². The molecule has 0 aliphatic rings.